The molecule has 0 aliphatic carbocycles. The third kappa shape index (κ3) is 8.75. The molecule has 0 heterocycles. The highest BCUT2D eigenvalue weighted by atomic mass is 17.2. The van der Waals surface area contributed by atoms with Crippen molar-refractivity contribution < 1.29 is 14.6 Å². The van der Waals surface area contributed by atoms with Crippen molar-refractivity contribution in [3.8, 4) is 0 Å². The van der Waals surface area contributed by atoms with Gasteiger partial charge in [0.15, 0.2) is 0 Å². The number of rotatable bonds is 12. The molecule has 0 saturated heterocycles. The van der Waals surface area contributed by atoms with Crippen molar-refractivity contribution in [1.82, 2.24) is 0 Å². The van der Waals surface area contributed by atoms with E-state index < -0.39 is 5.97 Å². The Hall–Kier alpha value is -1.35. The van der Waals surface area contributed by atoms with Gasteiger partial charge >= 0.3 is 5.97 Å². The van der Waals surface area contributed by atoms with Crippen LogP contribution < -0.4 is 0 Å². The lowest BCUT2D eigenvalue weighted by atomic mass is 10.1. The smallest absolute Gasteiger partial charge is 0.293 e. The van der Waals surface area contributed by atoms with Gasteiger partial charge in [0.2, 0.25) is 0 Å². The lowest BCUT2D eigenvalue weighted by molar-refractivity contribution is -0.271. The monoisotopic (exact) mass is 320 g/mol. The van der Waals surface area contributed by atoms with Crippen LogP contribution in [0.1, 0.15) is 88.1 Å². The van der Waals surface area contributed by atoms with Gasteiger partial charge in [-0.3, -0.25) is 4.89 Å². The Labute approximate surface area is 141 Å². The molecule has 0 N–H and O–H groups in total. The van der Waals surface area contributed by atoms with Gasteiger partial charge in [-0.15, -0.1) is 0 Å². The Kier molecular flexibility index (Phi) is 10.4. The summed E-state index contributed by atoms with van der Waals surface area (Å²) in [7, 11) is 0. The molecule has 23 heavy (non-hydrogen) atoms. The van der Waals surface area contributed by atoms with E-state index in [-0.39, 0.29) is 6.10 Å². The third-order valence-electron chi connectivity index (χ3n) is 4.01. The molecule has 0 fully saturated rings. The van der Waals surface area contributed by atoms with E-state index in [1.54, 1.807) is 0 Å². The van der Waals surface area contributed by atoms with Crippen molar-refractivity contribution in [1.29, 1.82) is 0 Å². The highest BCUT2D eigenvalue weighted by Gasteiger charge is 2.11. The molecule has 0 aliphatic rings. The molecular formula is C20H32O3. The highest BCUT2D eigenvalue weighted by Crippen LogP contribution is 2.12. The maximum absolute atomic E-state index is 11.9. The maximum atomic E-state index is 11.9. The molecule has 0 spiro atoms. The van der Waals surface area contributed by atoms with Crippen LogP contribution in [0.2, 0.25) is 0 Å². The lowest BCUT2D eigenvalue weighted by Gasteiger charge is -2.11. The van der Waals surface area contributed by atoms with E-state index in [4.69, 9.17) is 9.78 Å². The van der Waals surface area contributed by atoms with Crippen LogP contribution in [0.3, 0.4) is 0 Å². The van der Waals surface area contributed by atoms with Crippen LogP contribution in [0, 0.1) is 0 Å². The Morgan fingerprint density at radius 3 is 2.26 bits per heavy atom. The summed E-state index contributed by atoms with van der Waals surface area (Å²) in [6.45, 7) is 6.33. The van der Waals surface area contributed by atoms with Crippen molar-refractivity contribution >= 4 is 5.97 Å². The Balaban J connectivity index is 2.28. The number of carbonyl (C=O) groups excluding carboxylic acids is 1. The number of benzene rings is 1. The molecule has 0 aliphatic heterocycles. The summed E-state index contributed by atoms with van der Waals surface area (Å²) in [6, 6.07) is 7.64. The summed E-state index contributed by atoms with van der Waals surface area (Å²) in [5.41, 5.74) is 1.81. The minimum Gasteiger partial charge on any atom is -0.293 e. The molecule has 1 rings (SSSR count). The topological polar surface area (TPSA) is 35.5 Å². The number of carbonyl (C=O) groups is 1. The molecule has 0 saturated carbocycles. The van der Waals surface area contributed by atoms with Crippen LogP contribution in [0.15, 0.2) is 24.3 Å². The van der Waals surface area contributed by atoms with Crippen LogP contribution in [-0.4, -0.2) is 12.1 Å². The zero-order valence-corrected chi connectivity index (χ0v) is 15.0. The fourth-order valence-corrected chi connectivity index (χ4v) is 2.47. The molecular weight excluding hydrogens is 288 g/mol. The van der Waals surface area contributed by atoms with E-state index in [1.165, 1.54) is 44.1 Å². The number of hydrogen-bond acceptors (Lipinski definition) is 3. The first-order chi connectivity index (χ1) is 11.2. The third-order valence-corrected chi connectivity index (χ3v) is 4.01. The molecule has 1 aromatic rings. The van der Waals surface area contributed by atoms with Crippen LogP contribution >= 0.6 is 0 Å². The molecule has 0 aromatic heterocycles. The van der Waals surface area contributed by atoms with Crippen molar-refractivity contribution in [2.24, 2.45) is 0 Å². The first-order valence-electron chi connectivity index (χ1n) is 9.14. The van der Waals surface area contributed by atoms with Gasteiger partial charge in [0.25, 0.3) is 0 Å². The zero-order chi connectivity index (χ0) is 16.9. The summed E-state index contributed by atoms with van der Waals surface area (Å²) in [6.07, 6.45) is 10.4. The molecule has 1 unspecified atom stereocenters. The highest BCUT2D eigenvalue weighted by molar-refractivity contribution is 5.88. The number of aryl methyl sites for hydroxylation is 1. The van der Waals surface area contributed by atoms with Gasteiger partial charge in [-0.1, -0.05) is 64.5 Å². The van der Waals surface area contributed by atoms with Crippen LogP contribution in [-0.2, 0) is 16.2 Å². The second-order valence-electron chi connectivity index (χ2n) is 6.28. The van der Waals surface area contributed by atoms with E-state index in [0.717, 1.165) is 19.3 Å². The average Bonchev–Trinajstić information content (AvgIpc) is 2.57. The number of hydrogen-bond donors (Lipinski definition) is 0. The first-order valence-corrected chi connectivity index (χ1v) is 9.14. The first kappa shape index (κ1) is 19.7. The van der Waals surface area contributed by atoms with E-state index >= 15 is 0 Å². The fourth-order valence-electron chi connectivity index (χ4n) is 2.47. The molecule has 0 radical (unpaired) electrons. The SMILES string of the molecule is CCCCCCC(C)OOC(=O)c1ccc(CCCCC)cc1. The summed E-state index contributed by atoms with van der Waals surface area (Å²) in [5, 5.41) is 0. The van der Waals surface area contributed by atoms with Gasteiger partial charge < -0.3 is 0 Å². The fraction of sp³-hybridized carbons (Fsp3) is 0.650. The quantitative estimate of drug-likeness (QED) is 0.274. The second kappa shape index (κ2) is 12.1. The second-order valence-corrected chi connectivity index (χ2v) is 6.28. The van der Waals surface area contributed by atoms with Crippen LogP contribution in [0.4, 0.5) is 0 Å². The van der Waals surface area contributed by atoms with E-state index in [0.29, 0.717) is 5.56 Å². The van der Waals surface area contributed by atoms with Crippen LogP contribution in [0.25, 0.3) is 0 Å². The minimum absolute atomic E-state index is 0.0517. The Bertz CT molecular complexity index is 425. The molecule has 0 bridgehead atoms. The number of unbranched alkanes of at least 4 members (excludes halogenated alkanes) is 5. The van der Waals surface area contributed by atoms with E-state index in [9.17, 15) is 4.79 Å². The van der Waals surface area contributed by atoms with E-state index in [2.05, 4.69) is 13.8 Å². The average molecular weight is 320 g/mol. The molecule has 3 nitrogen and oxygen atoms in total. The maximum Gasteiger partial charge on any atom is 0.373 e. The van der Waals surface area contributed by atoms with Gasteiger partial charge in [0, 0.05) is 0 Å². The van der Waals surface area contributed by atoms with Crippen molar-refractivity contribution in [3.63, 3.8) is 0 Å². The normalized spacial score (nSPS) is 12.1. The Morgan fingerprint density at radius 1 is 0.957 bits per heavy atom. The standard InChI is InChI=1S/C20H32O3/c1-4-6-8-10-11-17(3)22-23-20(21)19-15-13-18(14-16-19)12-9-7-5-2/h13-17H,4-12H2,1-3H3. The van der Waals surface area contributed by atoms with Gasteiger partial charge in [-0.05, 0) is 43.9 Å². The van der Waals surface area contributed by atoms with Gasteiger partial charge in [-0.25, -0.2) is 4.79 Å². The van der Waals surface area contributed by atoms with E-state index in [1.807, 2.05) is 31.2 Å². The summed E-state index contributed by atoms with van der Waals surface area (Å²) >= 11 is 0. The van der Waals surface area contributed by atoms with Crippen molar-refractivity contribution in [2.45, 2.75) is 84.7 Å². The molecule has 3 heteroatoms. The summed E-state index contributed by atoms with van der Waals surface area (Å²) in [4.78, 5) is 22.1. The predicted molar refractivity (Wildman–Crippen MR) is 94.4 cm³/mol. The van der Waals surface area contributed by atoms with Gasteiger partial charge in [0.05, 0.1) is 5.56 Å². The van der Waals surface area contributed by atoms with Crippen LogP contribution in [0.5, 0.6) is 0 Å². The molecule has 0 amide bonds. The lowest BCUT2D eigenvalue weighted by Crippen LogP contribution is -2.13. The van der Waals surface area contributed by atoms with Crippen molar-refractivity contribution in [3.05, 3.63) is 35.4 Å². The predicted octanol–water partition coefficient (Wildman–Crippen LogP) is 5.87. The Morgan fingerprint density at radius 2 is 1.61 bits per heavy atom. The van der Waals surface area contributed by atoms with Gasteiger partial charge in [-0.2, -0.15) is 4.89 Å². The molecule has 1 aromatic carbocycles. The largest absolute Gasteiger partial charge is 0.373 e. The summed E-state index contributed by atoms with van der Waals surface area (Å²) in [5.74, 6) is -0.412. The zero-order valence-electron chi connectivity index (χ0n) is 15.0. The minimum atomic E-state index is -0.412. The molecule has 1 atom stereocenters. The van der Waals surface area contributed by atoms with Gasteiger partial charge in [0.1, 0.15) is 6.10 Å². The molecule has 130 valence electrons. The van der Waals surface area contributed by atoms with Crippen molar-refractivity contribution in [2.75, 3.05) is 0 Å². The summed E-state index contributed by atoms with van der Waals surface area (Å²) < 4.78 is 0.